The number of aromatic nitrogens is 4. The van der Waals surface area contributed by atoms with Crippen molar-refractivity contribution in [2.45, 2.75) is 57.7 Å². The standard InChI is InChI=1S/C22H25F6N5O3/c1-12(34)6-4-5-7-33-18(35)16-17(32(3)20(33)36)30-19(31(16)2)29-11-13-8-14(21(23,24)25)10-15(9-13)22(26,27)28/h8-10,12,34H,4-7,11H2,1-3H3,(H,29,30). The molecule has 2 aromatic heterocycles. The maximum absolute atomic E-state index is 13.1. The van der Waals surface area contributed by atoms with Crippen LogP contribution in [0, 0.1) is 0 Å². The molecule has 14 heteroatoms. The first-order valence-corrected chi connectivity index (χ1v) is 11.0. The number of fused-ring (bicyclic) bond motifs is 1. The van der Waals surface area contributed by atoms with Gasteiger partial charge in [-0.05, 0) is 49.9 Å². The SMILES string of the molecule is CC(O)CCCCn1c(=O)c2c(nc(NCc3cc(C(F)(F)F)cc(C(F)(F)F)c3)n2C)n(C)c1=O. The molecule has 0 saturated carbocycles. The third-order valence-corrected chi connectivity index (χ3v) is 5.71. The normalized spacial score (nSPS) is 13.4. The van der Waals surface area contributed by atoms with Gasteiger partial charge in [-0.2, -0.15) is 31.3 Å². The van der Waals surface area contributed by atoms with E-state index in [1.165, 1.54) is 18.7 Å². The number of nitrogens with one attached hydrogen (secondary N) is 1. The Morgan fingerprint density at radius 3 is 2.08 bits per heavy atom. The Kier molecular flexibility index (Phi) is 7.58. The van der Waals surface area contributed by atoms with E-state index < -0.39 is 47.4 Å². The second-order valence-corrected chi connectivity index (χ2v) is 8.58. The molecule has 0 saturated heterocycles. The summed E-state index contributed by atoms with van der Waals surface area (Å²) in [6.07, 6.45) is -8.92. The Bertz CT molecular complexity index is 1340. The Labute approximate surface area is 200 Å². The van der Waals surface area contributed by atoms with E-state index >= 15 is 0 Å². The number of rotatable bonds is 8. The van der Waals surface area contributed by atoms with E-state index in [0.29, 0.717) is 31.4 Å². The van der Waals surface area contributed by atoms with Crippen molar-refractivity contribution < 1.29 is 31.4 Å². The van der Waals surface area contributed by atoms with E-state index in [1.54, 1.807) is 6.92 Å². The number of unbranched alkanes of at least 4 members (excludes halogenated alkanes) is 1. The molecule has 0 bridgehead atoms. The van der Waals surface area contributed by atoms with Crippen LogP contribution in [0.1, 0.15) is 42.9 Å². The fourth-order valence-corrected chi connectivity index (χ4v) is 3.81. The molecule has 3 aromatic rings. The molecule has 198 valence electrons. The highest BCUT2D eigenvalue weighted by atomic mass is 19.4. The fraction of sp³-hybridized carbons (Fsp3) is 0.500. The monoisotopic (exact) mass is 521 g/mol. The summed E-state index contributed by atoms with van der Waals surface area (Å²) in [5, 5.41) is 12.0. The Morgan fingerprint density at radius 2 is 1.56 bits per heavy atom. The molecule has 0 aliphatic heterocycles. The highest BCUT2D eigenvalue weighted by Gasteiger charge is 2.36. The van der Waals surface area contributed by atoms with Crippen LogP contribution in [0.15, 0.2) is 27.8 Å². The summed E-state index contributed by atoms with van der Waals surface area (Å²) >= 11 is 0. The predicted octanol–water partition coefficient (Wildman–Crippen LogP) is 3.63. The molecule has 2 N–H and O–H groups in total. The predicted molar refractivity (Wildman–Crippen MR) is 120 cm³/mol. The maximum Gasteiger partial charge on any atom is 0.416 e. The van der Waals surface area contributed by atoms with E-state index in [9.17, 15) is 41.0 Å². The van der Waals surface area contributed by atoms with Gasteiger partial charge >= 0.3 is 18.0 Å². The molecule has 0 amide bonds. The number of imidazole rings is 1. The molecule has 0 aliphatic carbocycles. The average Bonchev–Trinajstić information content (AvgIpc) is 3.10. The molecular formula is C22H25F6N5O3. The van der Waals surface area contributed by atoms with Gasteiger partial charge in [0.25, 0.3) is 5.56 Å². The first-order chi connectivity index (χ1) is 16.6. The summed E-state index contributed by atoms with van der Waals surface area (Å²) in [7, 11) is 2.84. The lowest BCUT2D eigenvalue weighted by Gasteiger charge is -2.14. The molecular weight excluding hydrogens is 496 g/mol. The Hall–Kier alpha value is -3.29. The van der Waals surface area contributed by atoms with Gasteiger partial charge < -0.3 is 15.0 Å². The number of alkyl halides is 6. The molecule has 1 aromatic carbocycles. The molecule has 1 atom stereocenters. The summed E-state index contributed by atoms with van der Waals surface area (Å²) in [6.45, 7) is 1.28. The zero-order valence-electron chi connectivity index (χ0n) is 19.7. The second kappa shape index (κ2) is 9.99. The van der Waals surface area contributed by atoms with Gasteiger partial charge in [0.2, 0.25) is 5.95 Å². The minimum Gasteiger partial charge on any atom is -0.393 e. The lowest BCUT2D eigenvalue weighted by molar-refractivity contribution is -0.143. The van der Waals surface area contributed by atoms with Crippen molar-refractivity contribution in [2.75, 3.05) is 5.32 Å². The summed E-state index contributed by atoms with van der Waals surface area (Å²) < 4.78 is 82.3. The summed E-state index contributed by atoms with van der Waals surface area (Å²) in [4.78, 5) is 29.9. The van der Waals surface area contributed by atoms with E-state index in [1.807, 2.05) is 0 Å². The van der Waals surface area contributed by atoms with Gasteiger partial charge in [-0.3, -0.25) is 13.9 Å². The second-order valence-electron chi connectivity index (χ2n) is 8.58. The Morgan fingerprint density at radius 1 is 0.972 bits per heavy atom. The van der Waals surface area contributed by atoms with Crippen LogP contribution < -0.4 is 16.6 Å². The third kappa shape index (κ3) is 5.74. The molecule has 0 aliphatic rings. The zero-order valence-corrected chi connectivity index (χ0v) is 19.7. The average molecular weight is 521 g/mol. The summed E-state index contributed by atoms with van der Waals surface area (Å²) in [5.74, 6) is -0.0186. The molecule has 36 heavy (non-hydrogen) atoms. The highest BCUT2D eigenvalue weighted by Crippen LogP contribution is 2.36. The number of aryl methyl sites for hydroxylation is 2. The first-order valence-electron chi connectivity index (χ1n) is 11.0. The van der Waals surface area contributed by atoms with Gasteiger partial charge in [0.15, 0.2) is 11.2 Å². The van der Waals surface area contributed by atoms with Crippen molar-refractivity contribution >= 4 is 17.1 Å². The molecule has 2 heterocycles. The van der Waals surface area contributed by atoms with Gasteiger partial charge in [-0.1, -0.05) is 0 Å². The summed E-state index contributed by atoms with van der Waals surface area (Å²) in [5.41, 5.74) is -4.40. The first kappa shape index (κ1) is 27.3. The van der Waals surface area contributed by atoms with E-state index in [0.717, 1.165) is 9.13 Å². The molecule has 0 radical (unpaired) electrons. The number of benzene rings is 1. The lowest BCUT2D eigenvalue weighted by atomic mass is 10.0. The van der Waals surface area contributed by atoms with Gasteiger partial charge in [0.05, 0.1) is 17.2 Å². The lowest BCUT2D eigenvalue weighted by Crippen LogP contribution is -2.39. The topological polar surface area (TPSA) is 94.1 Å². The molecule has 3 rings (SSSR count). The van der Waals surface area contributed by atoms with Crippen LogP contribution in [0.3, 0.4) is 0 Å². The van der Waals surface area contributed by atoms with Crippen molar-refractivity contribution in [3.05, 3.63) is 55.7 Å². The van der Waals surface area contributed by atoms with Crippen LogP contribution in [-0.4, -0.2) is 29.9 Å². The van der Waals surface area contributed by atoms with E-state index in [2.05, 4.69) is 10.3 Å². The number of aliphatic hydroxyl groups is 1. The quantitative estimate of drug-likeness (QED) is 0.349. The van der Waals surface area contributed by atoms with Crippen LogP contribution in [0.25, 0.3) is 11.2 Å². The smallest absolute Gasteiger partial charge is 0.393 e. The Balaban J connectivity index is 1.95. The minimum atomic E-state index is -4.98. The minimum absolute atomic E-state index is 0.00949. The van der Waals surface area contributed by atoms with Gasteiger partial charge in [0.1, 0.15) is 0 Å². The van der Waals surface area contributed by atoms with E-state index in [-0.39, 0.29) is 35.3 Å². The van der Waals surface area contributed by atoms with Crippen LogP contribution in [0.5, 0.6) is 0 Å². The summed E-state index contributed by atoms with van der Waals surface area (Å²) in [6, 6.07) is 1.24. The molecule has 1 unspecified atom stereocenters. The number of aliphatic hydroxyl groups excluding tert-OH is 1. The molecule has 0 fully saturated rings. The third-order valence-electron chi connectivity index (χ3n) is 5.71. The van der Waals surface area contributed by atoms with Gasteiger partial charge in [0, 0.05) is 27.2 Å². The highest BCUT2D eigenvalue weighted by molar-refractivity contribution is 5.74. The van der Waals surface area contributed by atoms with E-state index in [4.69, 9.17) is 0 Å². The zero-order chi connectivity index (χ0) is 27.0. The molecule has 0 spiro atoms. The van der Waals surface area contributed by atoms with Crippen LogP contribution in [-0.2, 0) is 39.5 Å². The molecule has 8 nitrogen and oxygen atoms in total. The van der Waals surface area contributed by atoms with Crippen LogP contribution in [0.2, 0.25) is 0 Å². The van der Waals surface area contributed by atoms with Crippen molar-refractivity contribution in [2.24, 2.45) is 14.1 Å². The largest absolute Gasteiger partial charge is 0.416 e. The number of hydrogen-bond acceptors (Lipinski definition) is 5. The number of nitrogens with zero attached hydrogens (tertiary/aromatic N) is 4. The van der Waals surface area contributed by atoms with Gasteiger partial charge in [-0.25, -0.2) is 4.79 Å². The van der Waals surface area contributed by atoms with Crippen molar-refractivity contribution in [1.82, 2.24) is 18.7 Å². The van der Waals surface area contributed by atoms with Gasteiger partial charge in [-0.15, -0.1) is 0 Å². The number of anilines is 1. The van der Waals surface area contributed by atoms with Crippen molar-refractivity contribution in [1.29, 1.82) is 0 Å². The van der Waals surface area contributed by atoms with Crippen LogP contribution >= 0.6 is 0 Å². The van der Waals surface area contributed by atoms with Crippen molar-refractivity contribution in [3.63, 3.8) is 0 Å². The number of hydrogen-bond donors (Lipinski definition) is 2. The van der Waals surface area contributed by atoms with Crippen LogP contribution in [0.4, 0.5) is 32.3 Å². The maximum atomic E-state index is 13.1. The number of halogens is 6. The fourth-order valence-electron chi connectivity index (χ4n) is 3.81. The van der Waals surface area contributed by atoms with Crippen molar-refractivity contribution in [3.8, 4) is 0 Å².